The van der Waals surface area contributed by atoms with Crippen LogP contribution in [0.15, 0.2) is 0 Å². The summed E-state index contributed by atoms with van der Waals surface area (Å²) >= 11 is 0. The molecule has 0 radical (unpaired) electrons. The summed E-state index contributed by atoms with van der Waals surface area (Å²) in [5, 5.41) is 16.7. The molecular formula is CH5Na2O11PS. The van der Waals surface area contributed by atoms with Crippen LogP contribution >= 0.6 is 7.82 Å². The van der Waals surface area contributed by atoms with Gasteiger partial charge in [-0.3, -0.25) is 9.11 Å². The molecule has 88 valence electrons. The van der Waals surface area contributed by atoms with Crippen LogP contribution in [0.2, 0.25) is 0 Å². The van der Waals surface area contributed by atoms with Crippen LogP contribution in [-0.4, -0.2) is 38.4 Å². The van der Waals surface area contributed by atoms with Crippen molar-refractivity contribution in [1.82, 2.24) is 0 Å². The zero-order chi connectivity index (χ0) is 12.6. The molecule has 0 saturated carbocycles. The molecular weight excluding hydrogens is 297 g/mol. The van der Waals surface area contributed by atoms with Gasteiger partial charge in [-0.15, -0.1) is 0 Å². The molecule has 0 aromatic heterocycles. The predicted octanol–water partition coefficient (Wildman–Crippen LogP) is -10.0. The molecule has 0 aliphatic rings. The Morgan fingerprint density at radius 3 is 1.00 bits per heavy atom. The second-order valence-electron chi connectivity index (χ2n) is 1.21. The van der Waals surface area contributed by atoms with Crippen molar-refractivity contribution in [1.29, 1.82) is 0 Å². The second kappa shape index (κ2) is 14.3. The molecule has 0 aliphatic carbocycles. The largest absolute Gasteiger partial charge is 1.00 e. The van der Waals surface area contributed by atoms with Crippen LogP contribution in [0.25, 0.3) is 0 Å². The summed E-state index contributed by atoms with van der Waals surface area (Å²) in [6.07, 6.45) is -2.33. The maximum atomic E-state index is 8.88. The number of hydrogen-bond acceptors (Lipinski definition) is 6. The Balaban J connectivity index is -0.0000000358. The first-order chi connectivity index (χ1) is 5.73. The number of rotatable bonds is 0. The van der Waals surface area contributed by atoms with Gasteiger partial charge in [0.05, 0.1) is 0 Å². The van der Waals surface area contributed by atoms with Crippen molar-refractivity contribution in [2.75, 3.05) is 0 Å². The molecule has 0 spiro atoms. The van der Waals surface area contributed by atoms with Gasteiger partial charge >= 0.3 is 77.3 Å². The van der Waals surface area contributed by atoms with Gasteiger partial charge in [0.25, 0.3) is 0 Å². The van der Waals surface area contributed by atoms with E-state index in [-0.39, 0.29) is 59.1 Å². The summed E-state index contributed by atoms with van der Waals surface area (Å²) in [6, 6.07) is 0. The van der Waals surface area contributed by atoms with Gasteiger partial charge in [0, 0.05) is 0 Å². The van der Waals surface area contributed by atoms with Gasteiger partial charge in [-0.05, 0) is 6.16 Å². The van der Waals surface area contributed by atoms with Crippen LogP contribution in [0, 0.1) is 0 Å². The Kier molecular flexibility index (Phi) is 27.2. The van der Waals surface area contributed by atoms with Crippen molar-refractivity contribution in [2.45, 2.75) is 0 Å². The minimum atomic E-state index is -4.67. The van der Waals surface area contributed by atoms with E-state index in [1.807, 2.05) is 0 Å². The molecule has 0 saturated heterocycles. The number of carboxylic acid groups (broad SMARTS) is 2. The van der Waals surface area contributed by atoms with Crippen molar-refractivity contribution >= 4 is 24.4 Å². The zero-order valence-corrected chi connectivity index (χ0v) is 13.8. The van der Waals surface area contributed by atoms with E-state index in [4.69, 9.17) is 51.8 Å². The van der Waals surface area contributed by atoms with Gasteiger partial charge in [0.1, 0.15) is 0 Å². The molecule has 0 atom stereocenters. The third kappa shape index (κ3) is 1980. The zero-order valence-electron chi connectivity index (χ0n) is 8.04. The number of phosphoric acid groups is 1. The van der Waals surface area contributed by atoms with Gasteiger partial charge in [-0.25, -0.2) is 4.57 Å². The predicted molar refractivity (Wildman–Crippen MR) is 33.8 cm³/mol. The fourth-order valence-corrected chi connectivity index (χ4v) is 0. The molecule has 0 aromatic rings. The number of hydrogen-bond donors (Lipinski definition) is 5. The van der Waals surface area contributed by atoms with Gasteiger partial charge in [0.15, 0.2) is 0 Å². The van der Waals surface area contributed by atoms with E-state index >= 15 is 0 Å². The number of carbonyl (C=O) groups is 1. The molecule has 5 N–H and O–H groups in total. The Morgan fingerprint density at radius 2 is 1.00 bits per heavy atom. The summed E-state index contributed by atoms with van der Waals surface area (Å²) in [4.78, 5) is 29.9. The van der Waals surface area contributed by atoms with E-state index in [2.05, 4.69) is 0 Å². The van der Waals surface area contributed by atoms with E-state index in [9.17, 15) is 0 Å². The molecule has 0 aliphatic heterocycles. The number of carbonyl (C=O) groups excluding carboxylic acids is 1. The Morgan fingerprint density at radius 1 is 1.00 bits per heavy atom. The van der Waals surface area contributed by atoms with Gasteiger partial charge in [-0.1, -0.05) is 0 Å². The van der Waals surface area contributed by atoms with E-state index < -0.39 is 24.4 Å². The van der Waals surface area contributed by atoms with Crippen LogP contribution < -0.4 is 69.3 Å². The van der Waals surface area contributed by atoms with Crippen LogP contribution in [0.1, 0.15) is 0 Å². The summed E-state index contributed by atoms with van der Waals surface area (Å²) in [6.45, 7) is 0. The maximum absolute atomic E-state index is 8.88. The van der Waals surface area contributed by atoms with E-state index in [1.165, 1.54) is 0 Å². The smallest absolute Gasteiger partial charge is 0.652 e. The third-order valence-corrected chi connectivity index (χ3v) is 0. The minimum Gasteiger partial charge on any atom is -0.652 e. The second-order valence-corrected chi connectivity index (χ2v) is 3.13. The molecule has 16 heavy (non-hydrogen) atoms. The third-order valence-electron chi connectivity index (χ3n) is 0. The van der Waals surface area contributed by atoms with Crippen molar-refractivity contribution in [3.05, 3.63) is 0 Å². The van der Waals surface area contributed by atoms with Crippen LogP contribution in [0.3, 0.4) is 0 Å². The first-order valence-corrected chi connectivity index (χ1v) is 5.06. The summed E-state index contributed by atoms with van der Waals surface area (Å²) in [5.74, 6) is 0. The topological polar surface area (TPSA) is 216 Å². The summed E-state index contributed by atoms with van der Waals surface area (Å²) < 4.78 is 40.5. The van der Waals surface area contributed by atoms with E-state index in [1.54, 1.807) is 0 Å². The molecule has 0 rings (SSSR count). The molecule has 0 amide bonds. The first kappa shape index (κ1) is 30.4. The average molecular weight is 302 g/mol. The normalized spacial score (nSPS) is 8.81. The molecule has 0 aromatic carbocycles. The molecule has 0 fully saturated rings. The van der Waals surface area contributed by atoms with Crippen molar-refractivity contribution in [2.24, 2.45) is 0 Å². The molecule has 0 unspecified atom stereocenters. The standard InChI is InChI=1S/CH2O3.2Na.H3O4P.H2O4S/c2-1(3)4;;;2*1-5(2,3)4/h(H2,2,3,4);;;(H3,1,2,3,4);(H2,1,2,3,4)/q;2*+1;;/p-2. The fourth-order valence-electron chi connectivity index (χ4n) is 0. The van der Waals surface area contributed by atoms with Gasteiger partial charge in [0.2, 0.25) is 0 Å². The molecule has 11 nitrogen and oxygen atoms in total. The summed E-state index contributed by atoms with van der Waals surface area (Å²) in [5.41, 5.74) is 0. The summed E-state index contributed by atoms with van der Waals surface area (Å²) in [7, 11) is -9.31. The van der Waals surface area contributed by atoms with Gasteiger partial charge < -0.3 is 29.7 Å². The molecule has 0 heterocycles. The fraction of sp³-hybridized carbons (Fsp3) is 0. The van der Waals surface area contributed by atoms with E-state index in [0.29, 0.717) is 0 Å². The van der Waals surface area contributed by atoms with Crippen LogP contribution in [-0.2, 0) is 15.0 Å². The van der Waals surface area contributed by atoms with Gasteiger partial charge in [-0.2, -0.15) is 8.42 Å². The molecule has 15 heteroatoms. The Labute approximate surface area is 134 Å². The Hall–Kier alpha value is 1.25. The Bertz CT molecular complexity index is 269. The van der Waals surface area contributed by atoms with E-state index in [0.717, 1.165) is 0 Å². The quantitative estimate of drug-likeness (QED) is 0.161. The first-order valence-electron chi connectivity index (χ1n) is 2.09. The minimum absolute atomic E-state index is 0. The average Bonchev–Trinajstić information content (AvgIpc) is 1.45. The van der Waals surface area contributed by atoms with Crippen LogP contribution in [0.4, 0.5) is 4.79 Å². The SMILES string of the molecule is O=C([O-])[O-].O=P(O)(O)O.O=S(=O)(O)O.[Na+].[Na+]. The van der Waals surface area contributed by atoms with Crippen molar-refractivity contribution in [3.63, 3.8) is 0 Å². The van der Waals surface area contributed by atoms with Crippen LogP contribution in [0.5, 0.6) is 0 Å². The maximum Gasteiger partial charge on any atom is 1.00 e. The monoisotopic (exact) mass is 302 g/mol. The van der Waals surface area contributed by atoms with Crippen molar-refractivity contribution < 1.29 is 111 Å². The van der Waals surface area contributed by atoms with Crippen molar-refractivity contribution in [3.8, 4) is 0 Å². The molecule has 0 bridgehead atoms.